The topological polar surface area (TPSA) is 111 Å². The second kappa shape index (κ2) is 8.45. The Morgan fingerprint density at radius 2 is 1.94 bits per heavy atom. The highest BCUT2D eigenvalue weighted by atomic mass is 16.5. The van der Waals surface area contributed by atoms with Crippen molar-refractivity contribution >= 4 is 34.1 Å². The molecule has 0 saturated carbocycles. The SMILES string of the molecule is COc1cccc2c(C(=O)Nc3ccc4oc(=O)n(CC(=O)N5CCCCC5)c4c3)cnn12. The number of carbonyl (C=O) groups is 2. The molecule has 1 N–H and O–H groups in total. The Morgan fingerprint density at radius 3 is 2.73 bits per heavy atom. The van der Waals surface area contributed by atoms with E-state index >= 15 is 0 Å². The van der Waals surface area contributed by atoms with Gasteiger partial charge in [-0.2, -0.15) is 5.10 Å². The van der Waals surface area contributed by atoms with E-state index in [9.17, 15) is 14.4 Å². The molecule has 0 radical (unpaired) electrons. The van der Waals surface area contributed by atoms with Gasteiger partial charge in [0.25, 0.3) is 5.91 Å². The van der Waals surface area contributed by atoms with Gasteiger partial charge in [-0.05, 0) is 43.5 Å². The number of pyridine rings is 1. The van der Waals surface area contributed by atoms with Crippen molar-refractivity contribution in [1.82, 2.24) is 19.1 Å². The van der Waals surface area contributed by atoms with Gasteiger partial charge in [0.05, 0.1) is 29.9 Å². The van der Waals surface area contributed by atoms with Crippen LogP contribution in [-0.4, -0.2) is 51.1 Å². The zero-order valence-corrected chi connectivity index (χ0v) is 18.1. The normalized spacial score (nSPS) is 14.0. The monoisotopic (exact) mass is 449 g/mol. The van der Waals surface area contributed by atoms with Crippen LogP contribution in [-0.2, 0) is 11.3 Å². The zero-order valence-electron chi connectivity index (χ0n) is 18.1. The molecule has 4 aromatic rings. The van der Waals surface area contributed by atoms with Crippen LogP contribution in [0, 0.1) is 0 Å². The maximum absolute atomic E-state index is 12.9. The number of nitrogens with one attached hydrogen (secondary N) is 1. The number of anilines is 1. The van der Waals surface area contributed by atoms with E-state index in [0.29, 0.717) is 46.8 Å². The van der Waals surface area contributed by atoms with Crippen LogP contribution in [0.1, 0.15) is 29.6 Å². The van der Waals surface area contributed by atoms with Gasteiger partial charge in [0.2, 0.25) is 11.8 Å². The Kier molecular flexibility index (Phi) is 5.33. The van der Waals surface area contributed by atoms with Crippen LogP contribution in [0.2, 0.25) is 0 Å². The van der Waals surface area contributed by atoms with Crippen molar-refractivity contribution in [3.63, 3.8) is 0 Å². The van der Waals surface area contributed by atoms with Crippen molar-refractivity contribution in [1.29, 1.82) is 0 Å². The first-order valence-corrected chi connectivity index (χ1v) is 10.8. The molecular weight excluding hydrogens is 426 g/mol. The van der Waals surface area contributed by atoms with E-state index in [1.165, 1.54) is 22.4 Å². The van der Waals surface area contributed by atoms with Crippen LogP contribution in [0.15, 0.2) is 51.8 Å². The fourth-order valence-electron chi connectivity index (χ4n) is 4.18. The number of amides is 2. The highest BCUT2D eigenvalue weighted by Crippen LogP contribution is 2.22. The number of aromatic nitrogens is 3. The summed E-state index contributed by atoms with van der Waals surface area (Å²) in [6.07, 6.45) is 4.52. The van der Waals surface area contributed by atoms with E-state index in [4.69, 9.17) is 9.15 Å². The summed E-state index contributed by atoms with van der Waals surface area (Å²) < 4.78 is 13.4. The largest absolute Gasteiger partial charge is 0.481 e. The molecular formula is C23H23N5O5. The van der Waals surface area contributed by atoms with Gasteiger partial charge < -0.3 is 19.4 Å². The molecule has 5 rings (SSSR count). The average molecular weight is 449 g/mol. The molecule has 1 aliphatic rings. The lowest BCUT2D eigenvalue weighted by molar-refractivity contribution is -0.132. The van der Waals surface area contributed by atoms with Crippen LogP contribution in [0.4, 0.5) is 5.69 Å². The second-order valence-electron chi connectivity index (χ2n) is 7.96. The number of hydrogen-bond acceptors (Lipinski definition) is 6. The first kappa shape index (κ1) is 20.8. The van der Waals surface area contributed by atoms with Gasteiger partial charge in [-0.25, -0.2) is 9.31 Å². The van der Waals surface area contributed by atoms with Gasteiger partial charge in [0.1, 0.15) is 6.54 Å². The number of oxazole rings is 1. The molecule has 1 fully saturated rings. The lowest BCUT2D eigenvalue weighted by atomic mass is 10.1. The number of ether oxygens (including phenoxy) is 1. The van der Waals surface area contributed by atoms with E-state index in [2.05, 4.69) is 10.4 Å². The Balaban J connectivity index is 1.41. The Hall–Kier alpha value is -4.08. The quantitative estimate of drug-likeness (QED) is 0.501. The summed E-state index contributed by atoms with van der Waals surface area (Å²) in [4.78, 5) is 39.8. The van der Waals surface area contributed by atoms with Gasteiger partial charge in [-0.15, -0.1) is 0 Å². The van der Waals surface area contributed by atoms with E-state index in [1.807, 2.05) is 0 Å². The van der Waals surface area contributed by atoms with E-state index in [1.54, 1.807) is 41.3 Å². The van der Waals surface area contributed by atoms with E-state index in [0.717, 1.165) is 19.3 Å². The molecule has 0 unspecified atom stereocenters. The van der Waals surface area contributed by atoms with Crippen molar-refractivity contribution in [2.45, 2.75) is 25.8 Å². The van der Waals surface area contributed by atoms with Gasteiger partial charge in [-0.3, -0.25) is 14.2 Å². The summed E-state index contributed by atoms with van der Waals surface area (Å²) in [6.45, 7) is 1.31. The first-order valence-electron chi connectivity index (χ1n) is 10.8. The number of hydrogen-bond donors (Lipinski definition) is 1. The number of methoxy groups -OCH3 is 1. The molecule has 1 saturated heterocycles. The minimum Gasteiger partial charge on any atom is -0.481 e. The van der Waals surface area contributed by atoms with Gasteiger partial charge in [-0.1, -0.05) is 6.07 Å². The smallest absolute Gasteiger partial charge is 0.420 e. The fourth-order valence-corrected chi connectivity index (χ4v) is 4.18. The third-order valence-electron chi connectivity index (χ3n) is 5.89. The average Bonchev–Trinajstić information content (AvgIpc) is 3.40. The highest BCUT2D eigenvalue weighted by Gasteiger charge is 2.20. The standard InChI is InChI=1S/C23H23N5O5/c1-32-21-7-5-6-17-16(13-24-28(17)21)22(30)25-15-8-9-19-18(12-15)27(23(31)33-19)14-20(29)26-10-3-2-4-11-26/h5-9,12-13H,2-4,10-11,14H2,1H3,(H,25,30). The number of benzene rings is 1. The number of likely N-dealkylation sites (tertiary alicyclic amines) is 1. The van der Waals surface area contributed by atoms with Crippen molar-refractivity contribution in [2.75, 3.05) is 25.5 Å². The fraction of sp³-hybridized carbons (Fsp3) is 0.304. The van der Waals surface area contributed by atoms with Crippen LogP contribution < -0.4 is 15.8 Å². The van der Waals surface area contributed by atoms with Gasteiger partial charge in [0, 0.05) is 24.8 Å². The third-order valence-corrected chi connectivity index (χ3v) is 5.89. The molecule has 10 nitrogen and oxygen atoms in total. The number of piperidine rings is 1. The molecule has 0 spiro atoms. The van der Waals surface area contributed by atoms with Crippen LogP contribution in [0.5, 0.6) is 5.88 Å². The van der Waals surface area contributed by atoms with Crippen molar-refractivity contribution in [3.05, 3.63) is 58.7 Å². The zero-order chi connectivity index (χ0) is 22.9. The lowest BCUT2D eigenvalue weighted by Gasteiger charge is -2.26. The van der Waals surface area contributed by atoms with Crippen LogP contribution in [0.3, 0.4) is 0 Å². The van der Waals surface area contributed by atoms with Crippen molar-refractivity contribution in [2.24, 2.45) is 0 Å². The summed E-state index contributed by atoms with van der Waals surface area (Å²) in [5, 5.41) is 7.06. The summed E-state index contributed by atoms with van der Waals surface area (Å²) in [6, 6.07) is 10.2. The minimum absolute atomic E-state index is 0.100. The molecule has 4 heterocycles. The van der Waals surface area contributed by atoms with Crippen molar-refractivity contribution in [3.8, 4) is 5.88 Å². The summed E-state index contributed by atoms with van der Waals surface area (Å²) in [5.74, 6) is -0.573. The molecule has 33 heavy (non-hydrogen) atoms. The number of carbonyl (C=O) groups excluding carboxylic acids is 2. The van der Waals surface area contributed by atoms with E-state index in [-0.39, 0.29) is 18.4 Å². The maximum atomic E-state index is 12.9. The summed E-state index contributed by atoms with van der Waals surface area (Å²) in [5.41, 5.74) is 2.24. The van der Waals surface area contributed by atoms with Gasteiger partial charge >= 0.3 is 5.76 Å². The Bertz CT molecular complexity index is 1410. The molecule has 170 valence electrons. The maximum Gasteiger partial charge on any atom is 0.420 e. The number of nitrogens with zero attached hydrogens (tertiary/aromatic N) is 4. The second-order valence-corrected chi connectivity index (χ2v) is 7.96. The summed E-state index contributed by atoms with van der Waals surface area (Å²) >= 11 is 0. The number of rotatable bonds is 5. The van der Waals surface area contributed by atoms with Crippen LogP contribution in [0.25, 0.3) is 16.6 Å². The first-order chi connectivity index (χ1) is 16.0. The Morgan fingerprint density at radius 1 is 1.12 bits per heavy atom. The van der Waals surface area contributed by atoms with Crippen molar-refractivity contribution < 1.29 is 18.7 Å². The predicted octanol–water partition coefficient (Wildman–Crippen LogP) is 2.52. The van der Waals surface area contributed by atoms with E-state index < -0.39 is 5.76 Å². The predicted molar refractivity (Wildman–Crippen MR) is 121 cm³/mol. The molecule has 0 bridgehead atoms. The third kappa shape index (κ3) is 3.84. The molecule has 2 amide bonds. The lowest BCUT2D eigenvalue weighted by Crippen LogP contribution is -2.39. The molecule has 3 aromatic heterocycles. The van der Waals surface area contributed by atoms with Gasteiger partial charge in [0.15, 0.2) is 5.58 Å². The highest BCUT2D eigenvalue weighted by molar-refractivity contribution is 6.09. The molecule has 10 heteroatoms. The summed E-state index contributed by atoms with van der Waals surface area (Å²) in [7, 11) is 1.53. The minimum atomic E-state index is -0.603. The Labute approximate surface area is 188 Å². The molecule has 0 atom stereocenters. The molecule has 0 aliphatic carbocycles. The van der Waals surface area contributed by atoms with Crippen LogP contribution >= 0.6 is 0 Å². The number of fused-ring (bicyclic) bond motifs is 2. The molecule has 1 aliphatic heterocycles. The molecule has 1 aromatic carbocycles.